The molecule has 2 aromatic heterocycles. The van der Waals surface area contributed by atoms with Crippen molar-refractivity contribution < 1.29 is 14.6 Å². The Morgan fingerprint density at radius 1 is 1.50 bits per heavy atom. The van der Waals surface area contributed by atoms with E-state index in [0.29, 0.717) is 17.2 Å². The van der Waals surface area contributed by atoms with Crippen molar-refractivity contribution in [3.63, 3.8) is 0 Å². The summed E-state index contributed by atoms with van der Waals surface area (Å²) in [5.74, 6) is -0.0397. The zero-order valence-electron chi connectivity index (χ0n) is 10.1. The number of rotatable bonds is 4. The first-order valence-corrected chi connectivity index (χ1v) is 5.50. The van der Waals surface area contributed by atoms with Gasteiger partial charge in [-0.1, -0.05) is 0 Å². The molecule has 2 heterocycles. The van der Waals surface area contributed by atoms with Gasteiger partial charge < -0.3 is 9.84 Å². The molecule has 2 aromatic rings. The highest BCUT2D eigenvalue weighted by molar-refractivity contribution is 5.87. The fourth-order valence-corrected chi connectivity index (χ4v) is 1.47. The van der Waals surface area contributed by atoms with Crippen LogP contribution in [0.2, 0.25) is 0 Å². The highest BCUT2D eigenvalue weighted by Gasteiger charge is 2.09. The number of aryl methyl sites for hydroxylation is 2. The van der Waals surface area contributed by atoms with E-state index >= 15 is 0 Å². The van der Waals surface area contributed by atoms with Crippen LogP contribution in [-0.2, 0) is 6.54 Å². The van der Waals surface area contributed by atoms with E-state index in [1.165, 1.54) is 12.3 Å². The van der Waals surface area contributed by atoms with Crippen molar-refractivity contribution in [3.8, 4) is 11.6 Å². The molecule has 0 aromatic carbocycles. The van der Waals surface area contributed by atoms with Gasteiger partial charge in [0.05, 0.1) is 18.0 Å². The minimum absolute atomic E-state index is 0.143. The minimum atomic E-state index is -1.00. The van der Waals surface area contributed by atoms with Crippen LogP contribution in [0.15, 0.2) is 24.7 Å². The number of carboxylic acids is 1. The van der Waals surface area contributed by atoms with E-state index in [0.717, 1.165) is 6.54 Å². The molecule has 0 unspecified atom stereocenters. The normalized spacial score (nSPS) is 10.3. The Morgan fingerprint density at radius 2 is 2.28 bits per heavy atom. The van der Waals surface area contributed by atoms with E-state index < -0.39 is 5.97 Å². The van der Waals surface area contributed by atoms with Crippen LogP contribution in [0.25, 0.3) is 0 Å². The molecule has 0 fully saturated rings. The summed E-state index contributed by atoms with van der Waals surface area (Å²) in [5, 5.41) is 12.9. The highest BCUT2D eigenvalue weighted by Crippen LogP contribution is 2.22. The fourth-order valence-electron chi connectivity index (χ4n) is 1.47. The molecule has 1 N–H and O–H groups in total. The molecule has 0 saturated heterocycles. The van der Waals surface area contributed by atoms with E-state index in [9.17, 15) is 4.79 Å². The second kappa shape index (κ2) is 4.87. The number of pyridine rings is 1. The molecular weight excluding hydrogens is 234 g/mol. The lowest BCUT2D eigenvalue weighted by molar-refractivity contribution is 0.0696. The molecule has 6 heteroatoms. The topological polar surface area (TPSA) is 77.2 Å². The third-order valence-corrected chi connectivity index (χ3v) is 2.43. The summed E-state index contributed by atoms with van der Waals surface area (Å²) in [6.45, 7) is 4.48. The van der Waals surface area contributed by atoms with Crippen LogP contribution in [0.5, 0.6) is 11.6 Å². The van der Waals surface area contributed by atoms with Crippen molar-refractivity contribution in [2.75, 3.05) is 0 Å². The first-order chi connectivity index (χ1) is 8.60. The molecule has 94 valence electrons. The number of ether oxygens (including phenoxy) is 1. The van der Waals surface area contributed by atoms with Gasteiger partial charge in [-0.25, -0.2) is 9.78 Å². The Bertz CT molecular complexity index is 578. The Morgan fingerprint density at radius 3 is 2.83 bits per heavy atom. The smallest absolute Gasteiger partial charge is 0.337 e. The predicted octanol–water partition coefficient (Wildman–Crippen LogP) is 2.10. The average Bonchev–Trinajstić information content (AvgIpc) is 2.79. The maximum Gasteiger partial charge on any atom is 0.337 e. The number of carbonyl (C=O) groups is 1. The second-order valence-electron chi connectivity index (χ2n) is 3.78. The molecule has 0 radical (unpaired) electrons. The summed E-state index contributed by atoms with van der Waals surface area (Å²) in [5.41, 5.74) is 0.809. The van der Waals surface area contributed by atoms with Crippen molar-refractivity contribution >= 4 is 5.97 Å². The number of aromatic carboxylic acids is 1. The van der Waals surface area contributed by atoms with Gasteiger partial charge in [-0.3, -0.25) is 4.68 Å². The Labute approximate surface area is 104 Å². The van der Waals surface area contributed by atoms with Gasteiger partial charge in [-0.2, -0.15) is 5.10 Å². The van der Waals surface area contributed by atoms with Gasteiger partial charge in [0.2, 0.25) is 5.88 Å². The van der Waals surface area contributed by atoms with E-state index in [4.69, 9.17) is 9.84 Å². The molecule has 0 amide bonds. The average molecular weight is 247 g/mol. The van der Waals surface area contributed by atoms with Gasteiger partial charge in [0.25, 0.3) is 0 Å². The maximum atomic E-state index is 10.8. The Hall–Kier alpha value is -2.37. The molecule has 0 saturated carbocycles. The molecule has 0 aliphatic rings. The van der Waals surface area contributed by atoms with E-state index in [2.05, 4.69) is 10.1 Å². The molecule has 0 spiro atoms. The van der Waals surface area contributed by atoms with Gasteiger partial charge in [0.1, 0.15) is 0 Å². The molecule has 0 aliphatic carbocycles. The third kappa shape index (κ3) is 2.48. The van der Waals surface area contributed by atoms with Crippen molar-refractivity contribution in [2.24, 2.45) is 0 Å². The molecule has 6 nitrogen and oxygen atoms in total. The number of hydrogen-bond donors (Lipinski definition) is 1. The summed E-state index contributed by atoms with van der Waals surface area (Å²) in [6.07, 6.45) is 4.62. The summed E-state index contributed by atoms with van der Waals surface area (Å²) in [7, 11) is 0. The number of aromatic nitrogens is 3. The van der Waals surface area contributed by atoms with Gasteiger partial charge in [0, 0.05) is 18.3 Å². The van der Waals surface area contributed by atoms with Gasteiger partial charge in [0.15, 0.2) is 5.75 Å². The summed E-state index contributed by atoms with van der Waals surface area (Å²) in [6, 6.07) is 1.52. The molecular formula is C12H13N3O3. The Kier molecular flexibility index (Phi) is 3.27. The Balaban J connectivity index is 2.21. The molecule has 0 atom stereocenters. The van der Waals surface area contributed by atoms with Crippen LogP contribution in [0.4, 0.5) is 0 Å². The lowest BCUT2D eigenvalue weighted by atomic mass is 10.2. The fraction of sp³-hybridized carbons (Fsp3) is 0.250. The lowest BCUT2D eigenvalue weighted by Crippen LogP contribution is -1.99. The number of nitrogens with zero attached hydrogens (tertiary/aromatic N) is 3. The van der Waals surface area contributed by atoms with Gasteiger partial charge in [-0.15, -0.1) is 0 Å². The molecule has 2 rings (SSSR count). The van der Waals surface area contributed by atoms with Crippen LogP contribution in [0.1, 0.15) is 22.8 Å². The van der Waals surface area contributed by atoms with Crippen LogP contribution in [-0.4, -0.2) is 25.8 Å². The largest absolute Gasteiger partial charge is 0.478 e. The molecule has 0 aliphatic heterocycles. The minimum Gasteiger partial charge on any atom is -0.478 e. The lowest BCUT2D eigenvalue weighted by Gasteiger charge is -2.05. The predicted molar refractivity (Wildman–Crippen MR) is 63.9 cm³/mol. The van der Waals surface area contributed by atoms with E-state index in [-0.39, 0.29) is 5.56 Å². The van der Waals surface area contributed by atoms with Crippen molar-refractivity contribution in [1.29, 1.82) is 0 Å². The van der Waals surface area contributed by atoms with Crippen LogP contribution in [0.3, 0.4) is 0 Å². The van der Waals surface area contributed by atoms with Gasteiger partial charge in [-0.05, 0) is 19.9 Å². The van der Waals surface area contributed by atoms with Crippen LogP contribution >= 0.6 is 0 Å². The number of hydrogen-bond acceptors (Lipinski definition) is 4. The third-order valence-electron chi connectivity index (χ3n) is 2.43. The first kappa shape index (κ1) is 12.1. The molecule has 0 bridgehead atoms. The van der Waals surface area contributed by atoms with Crippen LogP contribution in [0, 0.1) is 6.92 Å². The van der Waals surface area contributed by atoms with E-state index in [1.54, 1.807) is 24.0 Å². The highest BCUT2D eigenvalue weighted by atomic mass is 16.5. The standard InChI is InChI=1S/C12H13N3O3/c1-3-15-7-10(6-14-15)18-11-8(2)4-9(5-13-11)12(16)17/h4-7H,3H2,1-2H3,(H,16,17). The van der Waals surface area contributed by atoms with Crippen molar-refractivity contribution in [1.82, 2.24) is 14.8 Å². The summed E-state index contributed by atoms with van der Waals surface area (Å²) < 4.78 is 7.27. The summed E-state index contributed by atoms with van der Waals surface area (Å²) in [4.78, 5) is 14.8. The van der Waals surface area contributed by atoms with Crippen molar-refractivity contribution in [2.45, 2.75) is 20.4 Å². The zero-order valence-corrected chi connectivity index (χ0v) is 10.1. The number of carboxylic acid groups (broad SMARTS) is 1. The maximum absolute atomic E-state index is 10.8. The van der Waals surface area contributed by atoms with Gasteiger partial charge >= 0.3 is 5.97 Å². The monoisotopic (exact) mass is 247 g/mol. The zero-order chi connectivity index (χ0) is 13.1. The first-order valence-electron chi connectivity index (χ1n) is 5.50. The summed E-state index contributed by atoms with van der Waals surface area (Å²) >= 11 is 0. The van der Waals surface area contributed by atoms with E-state index in [1.807, 2.05) is 6.92 Å². The SMILES string of the molecule is CCn1cc(Oc2ncc(C(=O)O)cc2C)cn1. The second-order valence-corrected chi connectivity index (χ2v) is 3.78. The van der Waals surface area contributed by atoms with Crippen LogP contribution < -0.4 is 4.74 Å². The molecule has 18 heavy (non-hydrogen) atoms. The van der Waals surface area contributed by atoms with Crippen molar-refractivity contribution in [3.05, 3.63) is 35.8 Å². The quantitative estimate of drug-likeness (QED) is 0.895.